The Kier molecular flexibility index (Phi) is 5.75. The van der Waals surface area contributed by atoms with Gasteiger partial charge in [-0.05, 0) is 32.9 Å². The summed E-state index contributed by atoms with van der Waals surface area (Å²) in [5, 5.41) is 16.4. The normalized spacial score (nSPS) is 10.8. The first-order valence-electron chi connectivity index (χ1n) is 8.56. The van der Waals surface area contributed by atoms with Gasteiger partial charge in [-0.1, -0.05) is 36.0 Å². The fourth-order valence-electron chi connectivity index (χ4n) is 2.76. The molecule has 1 aromatic carbocycles. The number of nitrogens with zero attached hydrogens (tertiary/aromatic N) is 5. The van der Waals surface area contributed by atoms with Crippen LogP contribution < -0.4 is 5.32 Å². The number of hydrogen-bond donors (Lipinski definition) is 1. The molecule has 0 aliphatic heterocycles. The topological polar surface area (TPSA) is 77.6 Å². The van der Waals surface area contributed by atoms with Crippen LogP contribution in [0.4, 0.5) is 5.69 Å². The maximum Gasteiger partial charge on any atom is 0.234 e. The van der Waals surface area contributed by atoms with Crippen LogP contribution >= 0.6 is 11.8 Å². The molecule has 2 heterocycles. The smallest absolute Gasteiger partial charge is 0.234 e. The third kappa shape index (κ3) is 4.11. The van der Waals surface area contributed by atoms with Gasteiger partial charge in [0.15, 0.2) is 5.16 Å². The zero-order chi connectivity index (χ0) is 19.4. The van der Waals surface area contributed by atoms with Crippen molar-refractivity contribution in [1.29, 1.82) is 0 Å². The molecule has 8 heteroatoms. The molecule has 1 amide bonds. The Morgan fingerprint density at radius 2 is 1.96 bits per heavy atom. The molecule has 140 valence electrons. The van der Waals surface area contributed by atoms with Crippen LogP contribution in [-0.4, -0.2) is 36.2 Å². The molecule has 0 saturated carbocycles. The van der Waals surface area contributed by atoms with Crippen molar-refractivity contribution in [2.45, 2.75) is 32.5 Å². The molecule has 0 unspecified atom stereocenters. The molecular formula is C19H22N6OS. The van der Waals surface area contributed by atoms with Crippen LogP contribution in [0.15, 0.2) is 48.1 Å². The van der Waals surface area contributed by atoms with Gasteiger partial charge in [0.1, 0.15) is 5.82 Å². The lowest BCUT2D eigenvalue weighted by Gasteiger charge is -2.08. The van der Waals surface area contributed by atoms with Crippen LogP contribution in [0.5, 0.6) is 0 Å². The van der Waals surface area contributed by atoms with Crippen molar-refractivity contribution in [2.75, 3.05) is 11.1 Å². The van der Waals surface area contributed by atoms with E-state index in [2.05, 4.69) is 27.2 Å². The van der Waals surface area contributed by atoms with Crippen molar-refractivity contribution in [3.63, 3.8) is 0 Å². The molecule has 7 nitrogen and oxygen atoms in total. The molecule has 2 aromatic heterocycles. The van der Waals surface area contributed by atoms with Crippen molar-refractivity contribution in [1.82, 2.24) is 24.5 Å². The van der Waals surface area contributed by atoms with E-state index in [0.717, 1.165) is 28.6 Å². The molecule has 0 aliphatic carbocycles. The van der Waals surface area contributed by atoms with E-state index < -0.39 is 0 Å². The first-order chi connectivity index (χ1) is 13.0. The van der Waals surface area contributed by atoms with E-state index >= 15 is 0 Å². The van der Waals surface area contributed by atoms with Crippen LogP contribution in [0, 0.1) is 20.8 Å². The Balaban J connectivity index is 1.70. The van der Waals surface area contributed by atoms with Gasteiger partial charge in [0, 0.05) is 6.54 Å². The summed E-state index contributed by atoms with van der Waals surface area (Å²) >= 11 is 1.35. The number of thioether (sulfide) groups is 1. The maximum absolute atomic E-state index is 12.5. The molecular weight excluding hydrogens is 360 g/mol. The van der Waals surface area contributed by atoms with E-state index in [-0.39, 0.29) is 11.7 Å². The van der Waals surface area contributed by atoms with Crippen molar-refractivity contribution in [3.8, 4) is 5.69 Å². The van der Waals surface area contributed by atoms with Gasteiger partial charge in [0.25, 0.3) is 0 Å². The fourth-order valence-corrected chi connectivity index (χ4v) is 3.55. The molecule has 0 fully saturated rings. The second-order valence-corrected chi connectivity index (χ2v) is 7.00. The summed E-state index contributed by atoms with van der Waals surface area (Å²) in [5.41, 5.74) is 3.37. The average molecular weight is 382 g/mol. The first kappa shape index (κ1) is 18.9. The van der Waals surface area contributed by atoms with Gasteiger partial charge in [0.2, 0.25) is 5.91 Å². The Hall–Kier alpha value is -2.87. The molecule has 3 rings (SSSR count). The summed E-state index contributed by atoms with van der Waals surface area (Å²) < 4.78 is 3.76. The van der Waals surface area contributed by atoms with Crippen molar-refractivity contribution >= 4 is 23.4 Å². The van der Waals surface area contributed by atoms with Crippen molar-refractivity contribution in [3.05, 3.63) is 60.2 Å². The molecule has 1 N–H and O–H groups in total. The fraction of sp³-hybridized carbons (Fsp3) is 0.263. The molecule has 0 radical (unpaired) electrons. The van der Waals surface area contributed by atoms with Crippen LogP contribution in [-0.2, 0) is 11.3 Å². The van der Waals surface area contributed by atoms with Gasteiger partial charge >= 0.3 is 0 Å². The number of anilines is 1. The summed E-state index contributed by atoms with van der Waals surface area (Å²) in [6, 6.07) is 9.84. The predicted octanol–water partition coefficient (Wildman–Crippen LogP) is 3.31. The Morgan fingerprint density at radius 3 is 2.67 bits per heavy atom. The Labute approximate surface area is 162 Å². The van der Waals surface area contributed by atoms with Gasteiger partial charge in [-0.15, -0.1) is 16.8 Å². The second-order valence-electron chi connectivity index (χ2n) is 6.06. The van der Waals surface area contributed by atoms with Crippen LogP contribution in [0.2, 0.25) is 0 Å². The number of benzene rings is 1. The third-order valence-electron chi connectivity index (χ3n) is 4.10. The van der Waals surface area contributed by atoms with Gasteiger partial charge < -0.3 is 9.88 Å². The molecule has 0 saturated heterocycles. The highest BCUT2D eigenvalue weighted by Crippen LogP contribution is 2.24. The standard InChI is InChI=1S/C19H22N6OS/c1-5-11-24-15(4)21-22-19(24)27-12-17(26)20-18-13(2)23-25(14(18)3)16-9-7-6-8-10-16/h5-10H,1,11-12H2,2-4H3,(H,20,26). The zero-order valence-electron chi connectivity index (χ0n) is 15.6. The summed E-state index contributed by atoms with van der Waals surface area (Å²) in [4.78, 5) is 12.5. The van der Waals surface area contributed by atoms with Crippen LogP contribution in [0.1, 0.15) is 17.2 Å². The molecule has 0 bridgehead atoms. The van der Waals surface area contributed by atoms with E-state index in [1.165, 1.54) is 11.8 Å². The lowest BCUT2D eigenvalue weighted by Crippen LogP contribution is -2.16. The summed E-state index contributed by atoms with van der Waals surface area (Å²) in [5.74, 6) is 0.934. The molecule has 3 aromatic rings. The Bertz CT molecular complexity index is 960. The number of amides is 1. The van der Waals surface area contributed by atoms with Gasteiger partial charge in [0.05, 0.1) is 28.5 Å². The largest absolute Gasteiger partial charge is 0.322 e. The van der Waals surface area contributed by atoms with E-state index in [1.54, 1.807) is 6.08 Å². The highest BCUT2D eigenvalue weighted by molar-refractivity contribution is 7.99. The first-order valence-corrected chi connectivity index (χ1v) is 9.54. The van der Waals surface area contributed by atoms with Crippen molar-refractivity contribution in [2.24, 2.45) is 0 Å². The number of rotatable bonds is 7. The highest BCUT2D eigenvalue weighted by Gasteiger charge is 2.16. The van der Waals surface area contributed by atoms with Crippen molar-refractivity contribution < 1.29 is 4.79 Å². The van der Waals surface area contributed by atoms with Gasteiger partial charge in [-0.3, -0.25) is 4.79 Å². The van der Waals surface area contributed by atoms with E-state index in [4.69, 9.17) is 0 Å². The second kappa shape index (κ2) is 8.22. The van der Waals surface area contributed by atoms with Gasteiger partial charge in [-0.2, -0.15) is 5.10 Å². The minimum atomic E-state index is -0.107. The van der Waals surface area contributed by atoms with Crippen LogP contribution in [0.25, 0.3) is 5.69 Å². The third-order valence-corrected chi connectivity index (χ3v) is 5.07. The van der Waals surface area contributed by atoms with Crippen LogP contribution in [0.3, 0.4) is 0 Å². The van der Waals surface area contributed by atoms with E-state index in [1.807, 2.05) is 60.4 Å². The highest BCUT2D eigenvalue weighted by atomic mass is 32.2. The number of aryl methyl sites for hydroxylation is 2. The average Bonchev–Trinajstić information content (AvgIpc) is 3.15. The number of aromatic nitrogens is 5. The van der Waals surface area contributed by atoms with Gasteiger partial charge in [-0.25, -0.2) is 4.68 Å². The minimum Gasteiger partial charge on any atom is -0.322 e. The predicted molar refractivity (Wildman–Crippen MR) is 107 cm³/mol. The van der Waals surface area contributed by atoms with E-state index in [0.29, 0.717) is 11.7 Å². The SMILES string of the molecule is C=CCn1c(C)nnc1SCC(=O)Nc1c(C)nn(-c2ccccc2)c1C. The van der Waals surface area contributed by atoms with E-state index in [9.17, 15) is 4.79 Å². The Morgan fingerprint density at radius 1 is 1.22 bits per heavy atom. The number of carbonyl (C=O) groups is 1. The number of para-hydroxylation sites is 1. The molecule has 0 atom stereocenters. The number of nitrogens with one attached hydrogen (secondary N) is 1. The summed E-state index contributed by atoms with van der Waals surface area (Å²) in [7, 11) is 0. The summed E-state index contributed by atoms with van der Waals surface area (Å²) in [6.07, 6.45) is 1.78. The monoisotopic (exact) mass is 382 g/mol. The maximum atomic E-state index is 12.5. The summed E-state index contributed by atoms with van der Waals surface area (Å²) in [6.45, 7) is 10.1. The quantitative estimate of drug-likeness (QED) is 0.501. The molecule has 0 aliphatic rings. The number of hydrogen-bond acceptors (Lipinski definition) is 5. The lowest BCUT2D eigenvalue weighted by atomic mass is 10.3. The molecule has 0 spiro atoms. The lowest BCUT2D eigenvalue weighted by molar-refractivity contribution is -0.113. The number of carbonyl (C=O) groups excluding carboxylic acids is 1. The molecule has 27 heavy (non-hydrogen) atoms. The number of allylic oxidation sites excluding steroid dienone is 1. The minimum absolute atomic E-state index is 0.107. The zero-order valence-corrected chi connectivity index (χ0v) is 16.5.